The van der Waals surface area contributed by atoms with Gasteiger partial charge in [-0.3, -0.25) is 0 Å². The van der Waals surface area contributed by atoms with Crippen LogP contribution in [0.25, 0.3) is 0 Å². The summed E-state index contributed by atoms with van der Waals surface area (Å²) in [4.78, 5) is 0. The molecule has 0 N–H and O–H groups in total. The van der Waals surface area contributed by atoms with Gasteiger partial charge < -0.3 is 9.47 Å². The molecule has 0 aliphatic heterocycles. The third kappa shape index (κ3) is 2.50. The summed E-state index contributed by atoms with van der Waals surface area (Å²) >= 11 is 0. The summed E-state index contributed by atoms with van der Waals surface area (Å²) in [6, 6.07) is 7.44. The predicted octanol–water partition coefficient (Wildman–Crippen LogP) is 2.34. The third-order valence-corrected chi connectivity index (χ3v) is 1.30. The van der Waals surface area contributed by atoms with Crippen LogP contribution < -0.4 is 9.47 Å². The molecule has 1 aromatic carbocycles. The van der Waals surface area contributed by atoms with Crippen molar-refractivity contribution >= 4 is 0 Å². The van der Waals surface area contributed by atoms with Crippen molar-refractivity contribution in [3.8, 4) is 11.5 Å². The molecule has 62 valence electrons. The molecule has 0 saturated carbocycles. The minimum Gasteiger partial charge on any atom is -0.497 e. The fraction of sp³-hybridized carbons (Fsp3) is 0.333. The smallest absolute Gasteiger partial charge is 0.119 e. The first-order chi connectivity index (χ1) is 4.86. The molecule has 1 aromatic rings. The molecule has 0 radical (unpaired) electrons. The molecule has 0 aromatic heterocycles. The first-order valence-electron chi connectivity index (χ1n) is 3.05. The van der Waals surface area contributed by atoms with Gasteiger partial charge in [-0.05, 0) is 24.3 Å². The van der Waals surface area contributed by atoms with Crippen LogP contribution in [-0.2, 0) is 0 Å². The molecule has 0 amide bonds. The Kier molecular flexibility index (Phi) is 4.11. The van der Waals surface area contributed by atoms with Crippen molar-refractivity contribution in [2.24, 2.45) is 0 Å². The largest absolute Gasteiger partial charge is 0.497 e. The molecular weight excluding hydrogens is 140 g/mol. The summed E-state index contributed by atoms with van der Waals surface area (Å²) in [6.07, 6.45) is 0. The number of hydrogen-bond acceptors (Lipinski definition) is 2. The van der Waals surface area contributed by atoms with Gasteiger partial charge in [0.25, 0.3) is 0 Å². The van der Waals surface area contributed by atoms with Crippen LogP contribution >= 0.6 is 0 Å². The standard InChI is InChI=1S/C8H10O2.CH4/c1-9-7-3-5-8(10-2)6-4-7;/h3-6H,1-2H3;1H4. The van der Waals surface area contributed by atoms with E-state index < -0.39 is 0 Å². The van der Waals surface area contributed by atoms with Gasteiger partial charge in [0, 0.05) is 0 Å². The van der Waals surface area contributed by atoms with Crippen molar-refractivity contribution in [2.75, 3.05) is 14.2 Å². The maximum absolute atomic E-state index is 4.96. The van der Waals surface area contributed by atoms with Gasteiger partial charge in [0.1, 0.15) is 11.5 Å². The van der Waals surface area contributed by atoms with E-state index in [1.807, 2.05) is 24.3 Å². The molecule has 0 heterocycles. The van der Waals surface area contributed by atoms with Crippen LogP contribution in [0.5, 0.6) is 11.5 Å². The van der Waals surface area contributed by atoms with Gasteiger partial charge >= 0.3 is 0 Å². The lowest BCUT2D eigenvalue weighted by atomic mass is 10.3. The van der Waals surface area contributed by atoms with E-state index in [-0.39, 0.29) is 7.43 Å². The molecule has 2 nitrogen and oxygen atoms in total. The Morgan fingerprint density at radius 1 is 0.818 bits per heavy atom. The summed E-state index contributed by atoms with van der Waals surface area (Å²) in [6.45, 7) is 0. The third-order valence-electron chi connectivity index (χ3n) is 1.30. The summed E-state index contributed by atoms with van der Waals surface area (Å²) in [5, 5.41) is 0. The molecule has 11 heavy (non-hydrogen) atoms. The molecule has 2 heteroatoms. The van der Waals surface area contributed by atoms with E-state index in [1.54, 1.807) is 14.2 Å². The van der Waals surface area contributed by atoms with E-state index in [2.05, 4.69) is 0 Å². The summed E-state index contributed by atoms with van der Waals surface area (Å²) in [5.41, 5.74) is 0. The van der Waals surface area contributed by atoms with Crippen molar-refractivity contribution in [1.29, 1.82) is 0 Å². The predicted molar refractivity (Wildman–Crippen MR) is 46.3 cm³/mol. The molecule has 0 aliphatic rings. The first-order valence-corrected chi connectivity index (χ1v) is 3.05. The lowest BCUT2D eigenvalue weighted by molar-refractivity contribution is 0.403. The second-order valence-corrected chi connectivity index (χ2v) is 1.88. The first kappa shape index (κ1) is 9.82. The second-order valence-electron chi connectivity index (χ2n) is 1.88. The van der Waals surface area contributed by atoms with E-state index in [1.165, 1.54) is 0 Å². The Morgan fingerprint density at radius 2 is 1.09 bits per heavy atom. The quantitative estimate of drug-likeness (QED) is 0.651. The summed E-state index contributed by atoms with van der Waals surface area (Å²) in [5.74, 6) is 1.70. The highest BCUT2D eigenvalue weighted by atomic mass is 16.5. The van der Waals surface area contributed by atoms with Crippen LogP contribution in [0.2, 0.25) is 0 Å². The van der Waals surface area contributed by atoms with Crippen molar-refractivity contribution in [2.45, 2.75) is 7.43 Å². The molecule has 1 rings (SSSR count). The van der Waals surface area contributed by atoms with Crippen LogP contribution in [0.3, 0.4) is 0 Å². The number of hydrogen-bond donors (Lipinski definition) is 0. The normalized spacial score (nSPS) is 8.18. The van der Waals surface area contributed by atoms with E-state index in [0.29, 0.717) is 0 Å². The van der Waals surface area contributed by atoms with Crippen LogP contribution in [-0.4, -0.2) is 14.2 Å². The Bertz CT molecular complexity index is 168. The molecule has 0 atom stereocenters. The monoisotopic (exact) mass is 154 g/mol. The van der Waals surface area contributed by atoms with Crippen LogP contribution in [0.1, 0.15) is 7.43 Å². The lowest BCUT2D eigenvalue weighted by Gasteiger charge is -2.00. The zero-order chi connectivity index (χ0) is 7.40. The molecule has 0 fully saturated rings. The topological polar surface area (TPSA) is 18.5 Å². The molecule has 0 spiro atoms. The fourth-order valence-electron chi connectivity index (χ4n) is 0.712. The van der Waals surface area contributed by atoms with Crippen molar-refractivity contribution in [1.82, 2.24) is 0 Å². The maximum atomic E-state index is 4.96. The number of benzene rings is 1. The highest BCUT2D eigenvalue weighted by Crippen LogP contribution is 2.15. The Hall–Kier alpha value is -1.18. The van der Waals surface area contributed by atoms with Gasteiger partial charge in [0.2, 0.25) is 0 Å². The van der Waals surface area contributed by atoms with Gasteiger partial charge in [0.15, 0.2) is 0 Å². The molecule has 0 aliphatic carbocycles. The second kappa shape index (κ2) is 4.61. The number of ether oxygens (including phenoxy) is 2. The zero-order valence-electron chi connectivity index (χ0n) is 6.13. The molecule has 0 bridgehead atoms. The average Bonchev–Trinajstić information content (AvgIpc) is 2.05. The highest BCUT2D eigenvalue weighted by molar-refractivity contribution is 5.30. The SMILES string of the molecule is C.COc1ccc(OC)cc1. The van der Waals surface area contributed by atoms with E-state index >= 15 is 0 Å². The van der Waals surface area contributed by atoms with E-state index in [9.17, 15) is 0 Å². The molecule has 0 saturated heterocycles. The Morgan fingerprint density at radius 3 is 1.27 bits per heavy atom. The van der Waals surface area contributed by atoms with Gasteiger partial charge in [-0.25, -0.2) is 0 Å². The van der Waals surface area contributed by atoms with Gasteiger partial charge in [-0.15, -0.1) is 0 Å². The highest BCUT2D eigenvalue weighted by Gasteiger charge is 1.89. The van der Waals surface area contributed by atoms with Crippen LogP contribution in [0, 0.1) is 0 Å². The number of rotatable bonds is 2. The zero-order valence-corrected chi connectivity index (χ0v) is 6.13. The van der Waals surface area contributed by atoms with Crippen molar-refractivity contribution in [3.05, 3.63) is 24.3 Å². The lowest BCUT2D eigenvalue weighted by Crippen LogP contribution is -1.83. The number of methoxy groups -OCH3 is 2. The molecule has 0 unspecified atom stereocenters. The summed E-state index contributed by atoms with van der Waals surface area (Å²) < 4.78 is 9.92. The minimum absolute atomic E-state index is 0. The Labute approximate surface area is 67.8 Å². The van der Waals surface area contributed by atoms with Gasteiger partial charge in [-0.2, -0.15) is 0 Å². The van der Waals surface area contributed by atoms with E-state index in [0.717, 1.165) is 11.5 Å². The van der Waals surface area contributed by atoms with Gasteiger partial charge in [0.05, 0.1) is 14.2 Å². The minimum atomic E-state index is 0. The van der Waals surface area contributed by atoms with Crippen molar-refractivity contribution in [3.63, 3.8) is 0 Å². The maximum Gasteiger partial charge on any atom is 0.119 e. The molecular formula is C9H14O2. The van der Waals surface area contributed by atoms with Crippen LogP contribution in [0.15, 0.2) is 24.3 Å². The average molecular weight is 154 g/mol. The van der Waals surface area contributed by atoms with Crippen molar-refractivity contribution < 1.29 is 9.47 Å². The summed E-state index contributed by atoms with van der Waals surface area (Å²) in [7, 11) is 3.28. The fourth-order valence-corrected chi connectivity index (χ4v) is 0.712. The van der Waals surface area contributed by atoms with E-state index in [4.69, 9.17) is 9.47 Å². The van der Waals surface area contributed by atoms with Gasteiger partial charge in [-0.1, -0.05) is 7.43 Å². The van der Waals surface area contributed by atoms with Crippen LogP contribution in [0.4, 0.5) is 0 Å². The Balaban J connectivity index is 0.000001000.